The van der Waals surface area contributed by atoms with Gasteiger partial charge in [-0.15, -0.1) is 0 Å². The number of hydrogen-bond acceptors (Lipinski definition) is 3. The van der Waals surface area contributed by atoms with Crippen LogP contribution in [0.15, 0.2) is 48.5 Å². The minimum atomic E-state index is -2.43. The first-order chi connectivity index (χ1) is 10.5. The van der Waals surface area contributed by atoms with E-state index in [9.17, 15) is 0 Å². The Kier molecular flexibility index (Phi) is 4.03. The Hall–Kier alpha value is -1.69. The van der Waals surface area contributed by atoms with E-state index in [0.717, 1.165) is 11.4 Å². The molecule has 0 bridgehead atoms. The van der Waals surface area contributed by atoms with Crippen LogP contribution < -0.4 is 0 Å². The molecule has 3 aromatic rings. The normalized spacial score (nSPS) is 11.6. The molecule has 3 rings (SSSR count). The molecule has 0 radical (unpaired) electrons. The van der Waals surface area contributed by atoms with Gasteiger partial charge in [-0.3, -0.25) is 0 Å². The van der Waals surface area contributed by atoms with Crippen molar-refractivity contribution in [3.05, 3.63) is 54.1 Å². The number of hydrogen-bond donors (Lipinski definition) is 0. The Morgan fingerprint density at radius 3 is 2.14 bits per heavy atom. The van der Waals surface area contributed by atoms with Crippen molar-refractivity contribution in [2.75, 3.05) is 0 Å². The van der Waals surface area contributed by atoms with Gasteiger partial charge < -0.3 is 0 Å². The topological polar surface area (TPSA) is 43.6 Å². The van der Waals surface area contributed by atoms with Gasteiger partial charge in [0.05, 0.1) is 0 Å². The average molecular weight is 399 g/mol. The second kappa shape index (κ2) is 5.83. The molecule has 4 nitrogen and oxygen atoms in total. The summed E-state index contributed by atoms with van der Waals surface area (Å²) >= 11 is -2.43. The summed E-state index contributed by atoms with van der Waals surface area (Å²) in [6, 6.07) is 16.9. The summed E-state index contributed by atoms with van der Waals surface area (Å²) in [5.74, 6) is 0.888. The van der Waals surface area contributed by atoms with Crippen molar-refractivity contribution < 1.29 is 0 Å². The van der Waals surface area contributed by atoms with Crippen LogP contribution in [0.5, 0.6) is 0 Å². The zero-order valence-electron chi connectivity index (χ0n) is 13.4. The molecule has 0 atom stereocenters. The molecule has 0 aliphatic rings. The van der Waals surface area contributed by atoms with Crippen LogP contribution >= 0.6 is 0 Å². The SMILES string of the molecule is Cc1ccc(-c2ccccc2-c2nnn[n]2[Sn]([CH3])([CH3])[CH3])cc1. The number of aryl methyl sites for hydroxylation is 1. The van der Waals surface area contributed by atoms with Crippen LogP contribution in [0, 0.1) is 6.92 Å². The Morgan fingerprint density at radius 2 is 1.50 bits per heavy atom. The van der Waals surface area contributed by atoms with Crippen molar-refractivity contribution in [3.8, 4) is 22.5 Å². The molecule has 0 saturated heterocycles. The Balaban J connectivity index is 2.18. The number of rotatable bonds is 3. The van der Waals surface area contributed by atoms with Gasteiger partial charge in [-0.25, -0.2) is 0 Å². The van der Waals surface area contributed by atoms with Gasteiger partial charge in [-0.05, 0) is 0 Å². The third-order valence-electron chi connectivity index (χ3n) is 3.64. The van der Waals surface area contributed by atoms with Crippen molar-refractivity contribution >= 4 is 18.7 Å². The molecule has 0 fully saturated rings. The Labute approximate surface area is 135 Å². The van der Waals surface area contributed by atoms with E-state index >= 15 is 0 Å². The van der Waals surface area contributed by atoms with Crippen LogP contribution in [0.25, 0.3) is 22.5 Å². The maximum absolute atomic E-state index is 4.31. The van der Waals surface area contributed by atoms with Crippen molar-refractivity contribution in [1.82, 2.24) is 18.4 Å². The first-order valence-corrected chi connectivity index (χ1v) is 17.3. The molecule has 22 heavy (non-hydrogen) atoms. The quantitative estimate of drug-likeness (QED) is 0.626. The fourth-order valence-electron chi connectivity index (χ4n) is 2.47. The van der Waals surface area contributed by atoms with Crippen LogP contribution in [-0.4, -0.2) is 37.1 Å². The van der Waals surface area contributed by atoms with Gasteiger partial charge in [0.2, 0.25) is 0 Å². The third kappa shape index (κ3) is 2.92. The summed E-state index contributed by atoms with van der Waals surface area (Å²) in [6.07, 6.45) is 0. The second-order valence-corrected chi connectivity index (χ2v) is 20.1. The molecule has 5 heteroatoms. The molecule has 0 unspecified atom stereocenters. The summed E-state index contributed by atoms with van der Waals surface area (Å²) in [5, 5.41) is 12.5. The summed E-state index contributed by atoms with van der Waals surface area (Å²) in [5.41, 5.74) is 4.73. The summed E-state index contributed by atoms with van der Waals surface area (Å²) in [4.78, 5) is 6.93. The van der Waals surface area contributed by atoms with E-state index in [2.05, 4.69) is 82.6 Å². The first-order valence-electron chi connectivity index (χ1n) is 7.42. The summed E-state index contributed by atoms with van der Waals surface area (Å²) < 4.78 is 2.09. The molecule has 0 amide bonds. The average Bonchev–Trinajstić information content (AvgIpc) is 2.97. The number of nitrogens with zero attached hydrogens (tertiary/aromatic N) is 4. The molecule has 1 aromatic heterocycles. The van der Waals surface area contributed by atoms with E-state index < -0.39 is 18.7 Å². The Morgan fingerprint density at radius 1 is 0.864 bits per heavy atom. The van der Waals surface area contributed by atoms with E-state index in [-0.39, 0.29) is 0 Å². The van der Waals surface area contributed by atoms with Crippen LogP contribution in [0.3, 0.4) is 0 Å². The van der Waals surface area contributed by atoms with Crippen molar-refractivity contribution in [1.29, 1.82) is 0 Å². The zero-order chi connectivity index (χ0) is 15.7. The van der Waals surface area contributed by atoms with Crippen molar-refractivity contribution in [2.24, 2.45) is 0 Å². The van der Waals surface area contributed by atoms with E-state index in [1.54, 1.807) is 0 Å². The van der Waals surface area contributed by atoms with Crippen molar-refractivity contribution in [3.63, 3.8) is 0 Å². The number of benzene rings is 2. The predicted molar refractivity (Wildman–Crippen MR) is 92.2 cm³/mol. The van der Waals surface area contributed by atoms with Crippen LogP contribution in [-0.2, 0) is 0 Å². The molecule has 112 valence electrons. The molecule has 0 saturated carbocycles. The molecule has 1 heterocycles. The molecule has 0 spiro atoms. The summed E-state index contributed by atoms with van der Waals surface area (Å²) in [6.45, 7) is 2.10. The standard InChI is InChI=1S/C14H11N4.3CH3.Sn/c1-10-6-8-11(9-7-10)12-4-2-3-5-13(12)14-15-17-18-16-14;;;;/h2-9H,1H3;3*1H3;/q-1;;;;+1. The van der Waals surface area contributed by atoms with Gasteiger partial charge in [0.1, 0.15) is 0 Å². The van der Waals surface area contributed by atoms with Crippen LogP contribution in [0.2, 0.25) is 14.8 Å². The van der Waals surface area contributed by atoms with E-state index in [1.165, 1.54) is 16.7 Å². The first kappa shape index (κ1) is 15.2. The fourth-order valence-corrected chi connectivity index (χ4v) is 5.63. The molecule has 2 aromatic carbocycles. The maximum atomic E-state index is 4.31. The van der Waals surface area contributed by atoms with Gasteiger partial charge in [0, 0.05) is 0 Å². The Bertz CT molecular complexity index is 785. The fraction of sp³-hybridized carbons (Fsp3) is 0.235. The molecule has 0 aliphatic carbocycles. The second-order valence-electron chi connectivity index (χ2n) is 6.50. The van der Waals surface area contributed by atoms with E-state index in [0.29, 0.717) is 0 Å². The van der Waals surface area contributed by atoms with Gasteiger partial charge in [-0.1, -0.05) is 0 Å². The van der Waals surface area contributed by atoms with Crippen molar-refractivity contribution in [2.45, 2.75) is 21.7 Å². The summed E-state index contributed by atoms with van der Waals surface area (Å²) in [7, 11) is 0. The van der Waals surface area contributed by atoms with E-state index in [4.69, 9.17) is 0 Å². The molecular weight excluding hydrogens is 379 g/mol. The van der Waals surface area contributed by atoms with Crippen LogP contribution in [0.4, 0.5) is 0 Å². The van der Waals surface area contributed by atoms with Gasteiger partial charge in [0.25, 0.3) is 0 Å². The zero-order valence-corrected chi connectivity index (χ0v) is 16.3. The van der Waals surface area contributed by atoms with Gasteiger partial charge >= 0.3 is 135 Å². The van der Waals surface area contributed by atoms with Crippen LogP contribution in [0.1, 0.15) is 5.56 Å². The minimum absolute atomic E-state index is 0.888. The molecule has 0 aliphatic heterocycles. The number of aromatic nitrogens is 4. The predicted octanol–water partition coefficient (Wildman–Crippen LogP) is 4.00. The monoisotopic (exact) mass is 400 g/mol. The molecule has 0 N–H and O–H groups in total. The third-order valence-corrected chi connectivity index (χ3v) is 8.12. The molecular formula is C17H20N4Sn. The van der Waals surface area contributed by atoms with Gasteiger partial charge in [-0.2, -0.15) is 0 Å². The van der Waals surface area contributed by atoms with Gasteiger partial charge in [0.15, 0.2) is 0 Å². The number of tetrazole rings is 1. The van der Waals surface area contributed by atoms with E-state index in [1.807, 2.05) is 6.07 Å².